The first-order valence-corrected chi connectivity index (χ1v) is 7.34. The number of amides is 1. The second-order valence-electron chi connectivity index (χ2n) is 3.88. The molecule has 0 atom stereocenters. The molecule has 0 radical (unpaired) electrons. The molecule has 0 aromatic heterocycles. The lowest BCUT2D eigenvalue weighted by Crippen LogP contribution is -2.20. The Morgan fingerprint density at radius 1 is 1.20 bits per heavy atom. The number of hydroxylamine groups is 1. The van der Waals surface area contributed by atoms with Crippen LogP contribution in [0.1, 0.15) is 10.4 Å². The SMILES string of the molecule is O=C(NO)c1ccc(F)cc1Nc1ccc(I)cc1Br. The molecule has 20 heavy (non-hydrogen) atoms. The standard InChI is InChI=1S/C13H9BrFIN2O2/c14-10-6-8(16)2-4-11(10)17-12-5-7(15)1-3-9(12)13(19)18-20/h1-6,17,20H,(H,18,19). The van der Waals surface area contributed by atoms with Gasteiger partial charge in [-0.15, -0.1) is 0 Å². The van der Waals surface area contributed by atoms with E-state index in [1.807, 2.05) is 12.1 Å². The predicted molar refractivity (Wildman–Crippen MR) is 85.8 cm³/mol. The molecule has 0 spiro atoms. The molecule has 0 unspecified atom stereocenters. The maximum atomic E-state index is 13.3. The van der Waals surface area contributed by atoms with Gasteiger partial charge in [-0.05, 0) is 74.9 Å². The number of benzene rings is 2. The van der Waals surface area contributed by atoms with E-state index in [1.54, 1.807) is 6.07 Å². The average Bonchev–Trinajstić information content (AvgIpc) is 2.41. The van der Waals surface area contributed by atoms with Gasteiger partial charge in [-0.2, -0.15) is 0 Å². The fourth-order valence-corrected chi connectivity index (χ4v) is 3.01. The molecule has 2 aromatic carbocycles. The molecule has 2 rings (SSSR count). The maximum absolute atomic E-state index is 13.3. The zero-order valence-corrected chi connectivity index (χ0v) is 13.7. The van der Waals surface area contributed by atoms with Gasteiger partial charge >= 0.3 is 0 Å². The van der Waals surface area contributed by atoms with Crippen LogP contribution in [0.3, 0.4) is 0 Å². The van der Waals surface area contributed by atoms with Gasteiger partial charge in [0.2, 0.25) is 0 Å². The highest BCUT2D eigenvalue weighted by Crippen LogP contribution is 2.29. The molecule has 0 aliphatic heterocycles. The summed E-state index contributed by atoms with van der Waals surface area (Å²) in [6.45, 7) is 0. The topological polar surface area (TPSA) is 61.4 Å². The smallest absolute Gasteiger partial charge is 0.276 e. The Labute approximate surface area is 136 Å². The summed E-state index contributed by atoms with van der Waals surface area (Å²) in [7, 11) is 0. The fraction of sp³-hybridized carbons (Fsp3) is 0. The summed E-state index contributed by atoms with van der Waals surface area (Å²) in [5.41, 5.74) is 2.62. The van der Waals surface area contributed by atoms with Gasteiger partial charge in [0.05, 0.1) is 16.9 Å². The number of hydrogen-bond acceptors (Lipinski definition) is 3. The van der Waals surface area contributed by atoms with Crippen LogP contribution >= 0.6 is 38.5 Å². The molecule has 7 heteroatoms. The van der Waals surface area contributed by atoms with E-state index in [0.717, 1.165) is 14.1 Å². The van der Waals surface area contributed by atoms with E-state index in [9.17, 15) is 9.18 Å². The Morgan fingerprint density at radius 2 is 1.95 bits per heavy atom. The highest BCUT2D eigenvalue weighted by Gasteiger charge is 2.13. The second kappa shape index (κ2) is 6.51. The molecule has 0 aliphatic rings. The Morgan fingerprint density at radius 3 is 2.60 bits per heavy atom. The number of carbonyl (C=O) groups excluding carboxylic acids is 1. The summed E-state index contributed by atoms with van der Waals surface area (Å²) in [4.78, 5) is 11.5. The summed E-state index contributed by atoms with van der Waals surface area (Å²) in [6, 6.07) is 9.20. The van der Waals surface area contributed by atoms with E-state index >= 15 is 0 Å². The third-order valence-electron chi connectivity index (χ3n) is 2.53. The van der Waals surface area contributed by atoms with Gasteiger partial charge in [0.25, 0.3) is 5.91 Å². The molecular formula is C13H9BrFIN2O2. The first kappa shape index (κ1) is 15.2. The normalized spacial score (nSPS) is 10.2. The molecule has 0 bridgehead atoms. The number of nitrogens with one attached hydrogen (secondary N) is 2. The largest absolute Gasteiger partial charge is 0.354 e. The number of hydrogen-bond donors (Lipinski definition) is 3. The lowest BCUT2D eigenvalue weighted by atomic mass is 10.1. The van der Waals surface area contributed by atoms with Crippen LogP contribution in [0.2, 0.25) is 0 Å². The molecule has 0 fully saturated rings. The zero-order chi connectivity index (χ0) is 14.7. The van der Waals surface area contributed by atoms with Crippen LogP contribution in [0, 0.1) is 9.39 Å². The first-order chi connectivity index (χ1) is 9.51. The lowest BCUT2D eigenvalue weighted by molar-refractivity contribution is 0.0707. The Hall–Kier alpha value is -1.19. The van der Waals surface area contributed by atoms with E-state index in [-0.39, 0.29) is 11.3 Å². The average molecular weight is 451 g/mol. The Kier molecular flexibility index (Phi) is 4.95. The number of halogens is 3. The van der Waals surface area contributed by atoms with Gasteiger partial charge in [-0.25, -0.2) is 9.87 Å². The minimum absolute atomic E-state index is 0.138. The lowest BCUT2D eigenvalue weighted by Gasteiger charge is -2.12. The minimum atomic E-state index is -0.714. The van der Waals surface area contributed by atoms with E-state index in [0.29, 0.717) is 5.69 Å². The van der Waals surface area contributed by atoms with Crippen molar-refractivity contribution in [3.63, 3.8) is 0 Å². The van der Waals surface area contributed by atoms with Gasteiger partial charge in [-0.3, -0.25) is 10.0 Å². The quantitative estimate of drug-likeness (QED) is 0.375. The molecular weight excluding hydrogens is 442 g/mol. The van der Waals surface area contributed by atoms with E-state index in [4.69, 9.17) is 5.21 Å². The van der Waals surface area contributed by atoms with E-state index in [2.05, 4.69) is 43.8 Å². The molecule has 0 aliphatic carbocycles. The van der Waals surface area contributed by atoms with Gasteiger partial charge < -0.3 is 5.32 Å². The molecule has 2 aromatic rings. The number of carbonyl (C=O) groups is 1. The van der Waals surface area contributed by atoms with Crippen LogP contribution in [0.25, 0.3) is 0 Å². The molecule has 0 heterocycles. The molecule has 0 saturated carbocycles. The van der Waals surface area contributed by atoms with Gasteiger partial charge in [0, 0.05) is 8.04 Å². The van der Waals surface area contributed by atoms with Crippen LogP contribution in [-0.2, 0) is 0 Å². The predicted octanol–water partition coefficient (Wildman–Crippen LogP) is 4.06. The van der Waals surface area contributed by atoms with Crippen LogP contribution < -0.4 is 10.8 Å². The van der Waals surface area contributed by atoms with Crippen molar-refractivity contribution >= 4 is 55.8 Å². The zero-order valence-electron chi connectivity index (χ0n) is 9.95. The van der Waals surface area contributed by atoms with Crippen molar-refractivity contribution in [1.82, 2.24) is 5.48 Å². The Bertz CT molecular complexity index is 667. The molecule has 1 amide bonds. The third-order valence-corrected chi connectivity index (χ3v) is 3.86. The van der Waals surface area contributed by atoms with Gasteiger partial charge in [-0.1, -0.05) is 0 Å². The van der Waals surface area contributed by atoms with E-state index in [1.165, 1.54) is 17.6 Å². The second-order valence-corrected chi connectivity index (χ2v) is 5.98. The minimum Gasteiger partial charge on any atom is -0.354 e. The van der Waals surface area contributed by atoms with Gasteiger partial charge in [0.1, 0.15) is 5.82 Å². The van der Waals surface area contributed by atoms with Crippen LogP contribution in [0.5, 0.6) is 0 Å². The van der Waals surface area contributed by atoms with Crippen molar-refractivity contribution in [2.45, 2.75) is 0 Å². The molecule has 0 saturated heterocycles. The molecule has 104 valence electrons. The first-order valence-electron chi connectivity index (χ1n) is 5.47. The van der Waals surface area contributed by atoms with E-state index < -0.39 is 11.7 Å². The van der Waals surface area contributed by atoms with Crippen molar-refractivity contribution in [2.75, 3.05) is 5.32 Å². The monoisotopic (exact) mass is 450 g/mol. The van der Waals surface area contributed by atoms with Crippen molar-refractivity contribution in [2.24, 2.45) is 0 Å². The number of anilines is 2. The van der Waals surface area contributed by atoms with Gasteiger partial charge in [0.15, 0.2) is 0 Å². The van der Waals surface area contributed by atoms with Crippen molar-refractivity contribution in [3.05, 3.63) is 55.8 Å². The van der Waals surface area contributed by atoms with Crippen LogP contribution in [-0.4, -0.2) is 11.1 Å². The molecule has 4 nitrogen and oxygen atoms in total. The summed E-state index contributed by atoms with van der Waals surface area (Å²) in [5, 5.41) is 11.7. The van der Waals surface area contributed by atoms with Crippen LogP contribution in [0.15, 0.2) is 40.9 Å². The number of rotatable bonds is 3. The summed E-state index contributed by atoms with van der Waals surface area (Å²) in [6.07, 6.45) is 0. The summed E-state index contributed by atoms with van der Waals surface area (Å²) in [5.74, 6) is -1.20. The fourth-order valence-electron chi connectivity index (χ4n) is 1.61. The highest BCUT2D eigenvalue weighted by atomic mass is 127. The third kappa shape index (κ3) is 3.47. The summed E-state index contributed by atoms with van der Waals surface area (Å²) >= 11 is 5.56. The van der Waals surface area contributed by atoms with Crippen molar-refractivity contribution < 1.29 is 14.4 Å². The van der Waals surface area contributed by atoms with Crippen molar-refractivity contribution in [1.29, 1.82) is 0 Å². The summed E-state index contributed by atoms with van der Waals surface area (Å²) < 4.78 is 15.2. The Balaban J connectivity index is 2.41. The highest BCUT2D eigenvalue weighted by molar-refractivity contribution is 14.1. The van der Waals surface area contributed by atoms with Crippen LogP contribution in [0.4, 0.5) is 15.8 Å². The van der Waals surface area contributed by atoms with Crippen molar-refractivity contribution in [3.8, 4) is 0 Å². The maximum Gasteiger partial charge on any atom is 0.276 e. The molecule has 3 N–H and O–H groups in total.